The van der Waals surface area contributed by atoms with E-state index in [2.05, 4.69) is 15.5 Å². The Morgan fingerprint density at radius 2 is 2.46 bits per heavy atom. The normalized spacial score (nSPS) is 10.2. The van der Waals surface area contributed by atoms with Gasteiger partial charge in [0.2, 0.25) is 5.89 Å². The predicted octanol–water partition coefficient (Wildman–Crippen LogP) is -0.0802. The zero-order chi connectivity index (χ0) is 9.68. The fraction of sp³-hybridized carbons (Fsp3) is 0.571. The van der Waals surface area contributed by atoms with Crippen molar-refractivity contribution in [2.24, 2.45) is 0 Å². The molecule has 0 spiro atoms. The quantitative estimate of drug-likeness (QED) is 0.624. The van der Waals surface area contributed by atoms with Crippen LogP contribution in [0.3, 0.4) is 0 Å². The summed E-state index contributed by atoms with van der Waals surface area (Å²) in [5, 5.41) is 14.7. The summed E-state index contributed by atoms with van der Waals surface area (Å²) < 4.78 is 4.70. The van der Waals surface area contributed by atoms with Gasteiger partial charge in [0.25, 0.3) is 5.82 Å². The van der Waals surface area contributed by atoms with Gasteiger partial charge in [0.15, 0.2) is 0 Å². The van der Waals surface area contributed by atoms with Crippen LogP contribution >= 0.6 is 0 Å². The third-order valence-corrected chi connectivity index (χ3v) is 1.48. The smallest absolute Gasteiger partial charge is 0.377 e. The Bertz CT molecular complexity index is 284. The number of carboxylic acids is 1. The van der Waals surface area contributed by atoms with Crippen molar-refractivity contribution in [2.45, 2.75) is 12.8 Å². The van der Waals surface area contributed by atoms with Gasteiger partial charge >= 0.3 is 5.97 Å². The number of aromatic carboxylic acids is 1. The molecular formula is C7H11N3O3. The predicted molar refractivity (Wildman–Crippen MR) is 43.5 cm³/mol. The number of aryl methyl sites for hydroxylation is 1. The zero-order valence-corrected chi connectivity index (χ0v) is 7.28. The van der Waals surface area contributed by atoms with E-state index in [1.807, 2.05) is 7.05 Å². The van der Waals surface area contributed by atoms with Gasteiger partial charge in [-0.15, -0.1) is 0 Å². The Kier molecular flexibility index (Phi) is 3.39. The van der Waals surface area contributed by atoms with E-state index in [9.17, 15) is 4.79 Å². The third-order valence-electron chi connectivity index (χ3n) is 1.48. The van der Waals surface area contributed by atoms with Gasteiger partial charge in [0.1, 0.15) is 0 Å². The van der Waals surface area contributed by atoms with Crippen molar-refractivity contribution in [3.63, 3.8) is 0 Å². The monoisotopic (exact) mass is 185 g/mol. The van der Waals surface area contributed by atoms with Gasteiger partial charge in [-0.1, -0.05) is 0 Å². The second-order valence-electron chi connectivity index (χ2n) is 2.52. The van der Waals surface area contributed by atoms with Crippen LogP contribution in [0.5, 0.6) is 0 Å². The lowest BCUT2D eigenvalue weighted by Crippen LogP contribution is -2.08. The first kappa shape index (κ1) is 9.66. The fourth-order valence-corrected chi connectivity index (χ4v) is 0.860. The Hall–Kier alpha value is -1.43. The SMILES string of the molecule is CNCCCc1nc(C(=O)O)no1. The van der Waals surface area contributed by atoms with Crippen molar-refractivity contribution in [3.05, 3.63) is 11.7 Å². The molecule has 1 heterocycles. The molecule has 1 rings (SSSR count). The van der Waals surface area contributed by atoms with Gasteiger partial charge in [-0.25, -0.2) is 4.79 Å². The maximum atomic E-state index is 10.3. The van der Waals surface area contributed by atoms with E-state index in [-0.39, 0.29) is 5.82 Å². The summed E-state index contributed by atoms with van der Waals surface area (Å²) in [6.45, 7) is 0.838. The van der Waals surface area contributed by atoms with Crippen LogP contribution in [0.1, 0.15) is 22.9 Å². The first-order valence-electron chi connectivity index (χ1n) is 3.94. The minimum Gasteiger partial charge on any atom is -0.475 e. The zero-order valence-electron chi connectivity index (χ0n) is 7.28. The number of hydrogen-bond acceptors (Lipinski definition) is 5. The molecule has 0 aliphatic rings. The Labute approximate surface area is 74.9 Å². The Morgan fingerprint density at radius 1 is 1.69 bits per heavy atom. The molecule has 0 bridgehead atoms. The highest BCUT2D eigenvalue weighted by Crippen LogP contribution is 2.00. The Morgan fingerprint density at radius 3 is 3.00 bits per heavy atom. The molecule has 0 atom stereocenters. The maximum Gasteiger partial charge on any atom is 0.377 e. The van der Waals surface area contributed by atoms with Gasteiger partial charge < -0.3 is 14.9 Å². The molecule has 0 saturated heterocycles. The standard InChI is InChI=1S/C7H11N3O3/c1-8-4-2-3-5-9-6(7(11)12)10-13-5/h8H,2-4H2,1H3,(H,11,12). The van der Waals surface area contributed by atoms with Gasteiger partial charge in [-0.2, -0.15) is 4.98 Å². The fourth-order valence-electron chi connectivity index (χ4n) is 0.860. The van der Waals surface area contributed by atoms with E-state index in [1.165, 1.54) is 0 Å². The summed E-state index contributed by atoms with van der Waals surface area (Å²) >= 11 is 0. The first-order chi connectivity index (χ1) is 6.24. The van der Waals surface area contributed by atoms with Crippen molar-refractivity contribution in [2.75, 3.05) is 13.6 Å². The molecular weight excluding hydrogens is 174 g/mol. The largest absolute Gasteiger partial charge is 0.475 e. The van der Waals surface area contributed by atoms with Crippen molar-refractivity contribution >= 4 is 5.97 Å². The van der Waals surface area contributed by atoms with Crippen LogP contribution in [-0.4, -0.2) is 34.8 Å². The highest BCUT2D eigenvalue weighted by molar-refractivity contribution is 5.82. The molecule has 6 heteroatoms. The average Bonchev–Trinajstić information content (AvgIpc) is 2.53. The lowest BCUT2D eigenvalue weighted by atomic mass is 10.3. The van der Waals surface area contributed by atoms with Gasteiger partial charge in [0.05, 0.1) is 0 Å². The average molecular weight is 185 g/mol. The summed E-state index contributed by atoms with van der Waals surface area (Å²) in [6.07, 6.45) is 1.44. The highest BCUT2D eigenvalue weighted by Gasteiger charge is 2.11. The second kappa shape index (κ2) is 4.56. The molecule has 0 unspecified atom stereocenters. The summed E-state index contributed by atoms with van der Waals surface area (Å²) in [7, 11) is 1.84. The van der Waals surface area contributed by atoms with E-state index in [1.54, 1.807) is 0 Å². The van der Waals surface area contributed by atoms with Crippen molar-refractivity contribution in [3.8, 4) is 0 Å². The molecule has 0 radical (unpaired) electrons. The molecule has 72 valence electrons. The van der Waals surface area contributed by atoms with Gasteiger partial charge in [-0.3, -0.25) is 0 Å². The number of aromatic nitrogens is 2. The molecule has 6 nitrogen and oxygen atoms in total. The molecule has 0 saturated carbocycles. The summed E-state index contributed by atoms with van der Waals surface area (Å²) in [4.78, 5) is 14.0. The first-order valence-corrected chi connectivity index (χ1v) is 3.94. The lowest BCUT2D eigenvalue weighted by molar-refractivity contribution is 0.0680. The molecule has 0 aliphatic carbocycles. The van der Waals surface area contributed by atoms with Crippen LogP contribution < -0.4 is 5.32 Å². The molecule has 13 heavy (non-hydrogen) atoms. The summed E-state index contributed by atoms with van der Waals surface area (Å²) in [5.41, 5.74) is 0. The van der Waals surface area contributed by atoms with Crippen LogP contribution in [-0.2, 0) is 6.42 Å². The molecule has 1 aromatic heterocycles. The molecule has 1 aromatic rings. The number of nitrogens with zero attached hydrogens (tertiary/aromatic N) is 2. The van der Waals surface area contributed by atoms with Gasteiger partial charge in [-0.05, 0) is 25.2 Å². The number of hydrogen-bond donors (Lipinski definition) is 2. The van der Waals surface area contributed by atoms with Crippen LogP contribution in [0.2, 0.25) is 0 Å². The summed E-state index contributed by atoms with van der Waals surface area (Å²) in [6, 6.07) is 0. The van der Waals surface area contributed by atoms with Crippen molar-refractivity contribution < 1.29 is 14.4 Å². The van der Waals surface area contributed by atoms with Gasteiger partial charge in [0, 0.05) is 6.42 Å². The van der Waals surface area contributed by atoms with E-state index >= 15 is 0 Å². The van der Waals surface area contributed by atoms with Crippen molar-refractivity contribution in [1.29, 1.82) is 0 Å². The molecule has 0 amide bonds. The number of carbonyl (C=O) groups is 1. The van der Waals surface area contributed by atoms with Crippen LogP contribution in [0.25, 0.3) is 0 Å². The second-order valence-corrected chi connectivity index (χ2v) is 2.52. The van der Waals surface area contributed by atoms with E-state index in [4.69, 9.17) is 9.63 Å². The third kappa shape index (κ3) is 2.83. The molecule has 2 N–H and O–H groups in total. The number of carboxylic acid groups (broad SMARTS) is 1. The maximum absolute atomic E-state index is 10.3. The van der Waals surface area contributed by atoms with E-state index < -0.39 is 5.97 Å². The molecule has 0 aliphatic heterocycles. The van der Waals surface area contributed by atoms with E-state index in [0.717, 1.165) is 13.0 Å². The minimum absolute atomic E-state index is 0.278. The minimum atomic E-state index is -1.16. The number of nitrogens with one attached hydrogen (secondary N) is 1. The summed E-state index contributed by atoms with van der Waals surface area (Å²) in [5.74, 6) is -1.07. The van der Waals surface area contributed by atoms with Crippen LogP contribution in [0.4, 0.5) is 0 Å². The number of rotatable bonds is 5. The van der Waals surface area contributed by atoms with E-state index in [0.29, 0.717) is 12.3 Å². The van der Waals surface area contributed by atoms with Crippen LogP contribution in [0, 0.1) is 0 Å². The molecule has 0 aromatic carbocycles. The highest BCUT2D eigenvalue weighted by atomic mass is 16.5. The topological polar surface area (TPSA) is 88.2 Å². The van der Waals surface area contributed by atoms with Crippen LogP contribution in [0.15, 0.2) is 4.52 Å². The lowest BCUT2D eigenvalue weighted by Gasteiger charge is -1.93. The molecule has 0 fully saturated rings. The van der Waals surface area contributed by atoms with Crippen molar-refractivity contribution in [1.82, 2.24) is 15.5 Å². The Balaban J connectivity index is 2.44.